The zero-order valence-electron chi connectivity index (χ0n) is 17.9. The van der Waals surface area contributed by atoms with Gasteiger partial charge < -0.3 is 33.8 Å². The number of hydrogen-bond donors (Lipinski definition) is 0. The van der Waals surface area contributed by atoms with Gasteiger partial charge in [-0.25, -0.2) is 0 Å². The molecule has 2 nitrogen and oxygen atoms in total. The molecule has 0 fully saturated rings. The van der Waals surface area contributed by atoms with Gasteiger partial charge in [0, 0.05) is 24.5 Å². The van der Waals surface area contributed by atoms with Gasteiger partial charge in [0.1, 0.15) is 0 Å². The normalized spacial score (nSPS) is 14.3. The molecule has 0 N–H and O–H groups in total. The van der Waals surface area contributed by atoms with Crippen molar-refractivity contribution in [3.05, 3.63) is 82.9 Å². The fourth-order valence-electron chi connectivity index (χ4n) is 4.04. The molecule has 0 heterocycles. The molecule has 154 valence electrons. The Kier molecular flexibility index (Phi) is 9.53. The van der Waals surface area contributed by atoms with Crippen molar-refractivity contribution in [2.45, 2.75) is 38.8 Å². The second-order valence-electron chi connectivity index (χ2n) is 8.64. The molecule has 0 radical (unpaired) electrons. The van der Waals surface area contributed by atoms with Gasteiger partial charge in [-0.1, -0.05) is 60.7 Å². The van der Waals surface area contributed by atoms with E-state index < -0.39 is 8.84 Å². The molecule has 0 spiro atoms. The average Bonchev–Trinajstić information content (AvgIpc) is 2.99. The van der Waals surface area contributed by atoms with Gasteiger partial charge in [0.2, 0.25) is 0 Å². The summed E-state index contributed by atoms with van der Waals surface area (Å²) < 4.78 is 15.0. The summed E-state index contributed by atoms with van der Waals surface area (Å²) in [6.45, 7) is 6.37. The number of allylic oxidation sites excluding steroid dienone is 4. The van der Waals surface area contributed by atoms with Gasteiger partial charge in [-0.3, -0.25) is 0 Å². The van der Waals surface area contributed by atoms with E-state index in [1.54, 1.807) is 0 Å². The summed E-state index contributed by atoms with van der Waals surface area (Å²) >= 11 is 0. The number of nitrogens with zero attached hydrogens (tertiary/aromatic N) is 1. The third-order valence-corrected chi connectivity index (χ3v) is 8.08. The topological polar surface area (TPSA) is 20.3 Å². The van der Waals surface area contributed by atoms with Gasteiger partial charge >= 0.3 is 30.6 Å². The first-order chi connectivity index (χ1) is 12.8. The molecule has 0 saturated heterocycles. The van der Waals surface area contributed by atoms with E-state index in [2.05, 4.69) is 81.5 Å². The monoisotopic (exact) mass is 491 g/mol. The number of rotatable bonds is 3. The van der Waals surface area contributed by atoms with E-state index in [0.29, 0.717) is 6.04 Å². The molecular weight excluding hydrogens is 465 g/mol. The summed E-state index contributed by atoms with van der Waals surface area (Å²) in [4.78, 5) is 0. The maximum Gasteiger partial charge on any atom is 4.00 e. The summed E-state index contributed by atoms with van der Waals surface area (Å²) in [7, 11) is 0.167. The van der Waals surface area contributed by atoms with Crippen LogP contribution in [0.5, 0.6) is 0 Å². The van der Waals surface area contributed by atoms with Crippen molar-refractivity contribution >= 4 is 20.0 Å². The molecule has 0 atom stereocenters. The number of hydrogen-bond acceptors (Lipinski definition) is 1. The van der Waals surface area contributed by atoms with Crippen LogP contribution in [0.4, 0.5) is 0 Å². The quantitative estimate of drug-likeness (QED) is 0.531. The molecule has 0 aromatic heterocycles. The fraction of sp³-hybridized carbons (Fsp3) is 0.333. The van der Waals surface area contributed by atoms with Crippen LogP contribution in [0.25, 0.3) is 11.1 Å². The molecule has 2 aromatic rings. The van der Waals surface area contributed by atoms with E-state index in [4.69, 9.17) is 0 Å². The van der Waals surface area contributed by atoms with Gasteiger partial charge in [0.25, 0.3) is 0 Å². The Morgan fingerprint density at radius 1 is 0.900 bits per heavy atom. The molecule has 0 aliphatic heterocycles. The van der Waals surface area contributed by atoms with Crippen LogP contribution in [0.1, 0.15) is 43.0 Å². The Hall–Kier alpha value is -0.969. The second-order valence-corrected chi connectivity index (χ2v) is 10.5. The van der Waals surface area contributed by atoms with E-state index in [1.165, 1.54) is 33.4 Å². The van der Waals surface area contributed by atoms with E-state index >= 15 is 0 Å². The molecule has 2 aromatic carbocycles. The Balaban J connectivity index is 0.00000150. The van der Waals surface area contributed by atoms with Crippen LogP contribution in [0.15, 0.2) is 60.7 Å². The van der Waals surface area contributed by atoms with Crippen molar-refractivity contribution in [2.75, 3.05) is 7.05 Å². The zero-order valence-corrected chi connectivity index (χ0v) is 21.9. The fourth-order valence-corrected chi connectivity index (χ4v) is 5.70. The number of benzene rings is 2. The Labute approximate surface area is 209 Å². The predicted octanol–water partition coefficient (Wildman–Crippen LogP) is -0.658. The van der Waals surface area contributed by atoms with Crippen molar-refractivity contribution in [3.63, 3.8) is 0 Å². The summed E-state index contributed by atoms with van der Waals surface area (Å²) in [5.74, 6) is 0.227. The van der Waals surface area contributed by atoms with Gasteiger partial charge in [-0.05, 0) is 60.6 Å². The largest absolute Gasteiger partial charge is 4.00 e. The van der Waals surface area contributed by atoms with Crippen molar-refractivity contribution in [1.29, 1.82) is 0 Å². The SMILES string of the molecule is CN([Si](=O)CC1C=C2C(=C1)c1ccccc1Cc1ccccc12)C(C)(C)C.[Cl-].[Cl-].[Ti+4]. The molecule has 0 unspecified atom stereocenters. The van der Waals surface area contributed by atoms with Crippen molar-refractivity contribution in [1.82, 2.24) is 4.57 Å². The van der Waals surface area contributed by atoms with Crippen molar-refractivity contribution in [3.8, 4) is 0 Å². The zero-order chi connectivity index (χ0) is 19.2. The second kappa shape index (κ2) is 10.6. The molecule has 0 bridgehead atoms. The Morgan fingerprint density at radius 3 is 1.77 bits per heavy atom. The summed E-state index contributed by atoms with van der Waals surface area (Å²) in [5, 5.41) is 0. The van der Waals surface area contributed by atoms with Crippen LogP contribution in [0, 0.1) is 5.92 Å². The van der Waals surface area contributed by atoms with Crippen LogP contribution in [-0.2, 0) is 32.6 Å². The van der Waals surface area contributed by atoms with Crippen molar-refractivity contribution < 1.29 is 51.0 Å². The first kappa shape index (κ1) is 27.1. The maximum absolute atomic E-state index is 13.0. The minimum Gasteiger partial charge on any atom is -1.00 e. The molecule has 2 aliphatic rings. The molecular formula is C24H27Cl2NOSiTi+2. The standard InChI is InChI=1S/C24H27NOSi.2ClH.Ti/c1-24(2,3)25(4)27(26)16-17-13-22-20-11-7-5-9-18(20)15-19-10-6-8-12-21(19)23(22)14-17;;;/h5-14,17H,15-16H2,1-4H3;2*1H;/q;;;+4/p-2. The average molecular weight is 492 g/mol. The number of halogens is 2. The molecule has 30 heavy (non-hydrogen) atoms. The van der Waals surface area contributed by atoms with E-state index in [9.17, 15) is 4.46 Å². The molecule has 0 saturated carbocycles. The molecule has 2 aliphatic carbocycles. The smallest absolute Gasteiger partial charge is 1.00 e. The van der Waals surface area contributed by atoms with Gasteiger partial charge in [-0.2, -0.15) is 0 Å². The Bertz CT molecular complexity index is 920. The van der Waals surface area contributed by atoms with Crippen LogP contribution in [-0.4, -0.2) is 26.0 Å². The molecule has 6 heteroatoms. The van der Waals surface area contributed by atoms with Crippen LogP contribution in [0.2, 0.25) is 6.04 Å². The first-order valence-corrected chi connectivity index (χ1v) is 11.3. The van der Waals surface area contributed by atoms with Gasteiger partial charge in [-0.15, -0.1) is 0 Å². The van der Waals surface area contributed by atoms with E-state index in [1.807, 2.05) is 11.6 Å². The van der Waals surface area contributed by atoms with Crippen LogP contribution in [0.3, 0.4) is 0 Å². The minimum absolute atomic E-state index is 0. The van der Waals surface area contributed by atoms with Gasteiger partial charge in [0.15, 0.2) is 0 Å². The summed E-state index contributed by atoms with van der Waals surface area (Å²) in [5.41, 5.74) is 7.96. The Morgan fingerprint density at radius 2 is 1.33 bits per heavy atom. The van der Waals surface area contributed by atoms with E-state index in [0.717, 1.165) is 6.42 Å². The van der Waals surface area contributed by atoms with Crippen LogP contribution < -0.4 is 24.8 Å². The van der Waals surface area contributed by atoms with E-state index in [-0.39, 0.29) is 58.0 Å². The third-order valence-electron chi connectivity index (χ3n) is 5.84. The molecule has 0 amide bonds. The first-order valence-electron chi connectivity index (χ1n) is 9.72. The van der Waals surface area contributed by atoms with Crippen LogP contribution >= 0.6 is 0 Å². The van der Waals surface area contributed by atoms with Crippen molar-refractivity contribution in [2.24, 2.45) is 5.92 Å². The summed E-state index contributed by atoms with van der Waals surface area (Å²) in [6, 6.07) is 18.1. The molecule has 4 rings (SSSR count). The minimum atomic E-state index is -1.82. The third kappa shape index (κ3) is 5.26. The maximum atomic E-state index is 13.0. The van der Waals surface area contributed by atoms with Gasteiger partial charge in [0.05, 0.1) is 0 Å². The predicted molar refractivity (Wildman–Crippen MR) is 114 cm³/mol. The summed E-state index contributed by atoms with van der Waals surface area (Å²) in [6.07, 6.45) is 5.65. The number of fused-ring (bicyclic) bond motifs is 5.